The number of anilines is 3. The summed E-state index contributed by atoms with van der Waals surface area (Å²) in [6.07, 6.45) is 3.25. The van der Waals surface area contributed by atoms with Gasteiger partial charge in [0.25, 0.3) is 0 Å². The van der Waals surface area contributed by atoms with E-state index in [0.29, 0.717) is 17.2 Å². The van der Waals surface area contributed by atoms with Gasteiger partial charge in [-0.05, 0) is 30.3 Å². The zero-order valence-electron chi connectivity index (χ0n) is 13.0. The zero-order valence-corrected chi connectivity index (χ0v) is 13.0. The fraction of sp³-hybridized carbons (Fsp3) is 0.0588. The highest BCUT2D eigenvalue weighted by Crippen LogP contribution is 2.23. The molecule has 0 amide bonds. The number of aliphatic carboxylic acids is 1. The standard InChI is InChI=1S/C17H14FN5O2/c18-12-2-1-3-13(8-12)21-15-9-14(11-4-6-19-7-5-11)22-17(23-15)20-10-16(24)25/h1-9H,10H2,(H,24,25)(H2,20,21,22,23). The van der Waals surface area contributed by atoms with E-state index in [1.165, 1.54) is 12.1 Å². The normalized spacial score (nSPS) is 10.3. The highest BCUT2D eigenvalue weighted by molar-refractivity contribution is 5.73. The summed E-state index contributed by atoms with van der Waals surface area (Å²) in [5.74, 6) is -0.855. The second-order valence-electron chi connectivity index (χ2n) is 5.08. The predicted octanol–water partition coefficient (Wildman–Crippen LogP) is 2.92. The van der Waals surface area contributed by atoms with Gasteiger partial charge in [0, 0.05) is 29.7 Å². The van der Waals surface area contributed by atoms with Crippen LogP contribution in [-0.2, 0) is 4.79 Å². The molecule has 0 bridgehead atoms. The average Bonchev–Trinajstić information content (AvgIpc) is 2.60. The van der Waals surface area contributed by atoms with Crippen molar-refractivity contribution >= 4 is 23.4 Å². The van der Waals surface area contributed by atoms with Crippen molar-refractivity contribution < 1.29 is 14.3 Å². The Labute approximate surface area is 142 Å². The Balaban J connectivity index is 1.95. The Hall–Kier alpha value is -3.55. The molecule has 0 saturated heterocycles. The van der Waals surface area contributed by atoms with Gasteiger partial charge in [0.05, 0.1) is 5.69 Å². The molecule has 0 aliphatic heterocycles. The summed E-state index contributed by atoms with van der Waals surface area (Å²) in [6.45, 7) is -0.320. The van der Waals surface area contributed by atoms with Gasteiger partial charge in [-0.15, -0.1) is 0 Å². The van der Waals surface area contributed by atoms with Gasteiger partial charge in [0.1, 0.15) is 18.2 Å². The van der Waals surface area contributed by atoms with E-state index in [9.17, 15) is 9.18 Å². The van der Waals surface area contributed by atoms with Crippen LogP contribution in [-0.4, -0.2) is 32.6 Å². The van der Waals surface area contributed by atoms with Crippen LogP contribution in [0.25, 0.3) is 11.3 Å². The van der Waals surface area contributed by atoms with Crippen molar-refractivity contribution in [1.82, 2.24) is 15.0 Å². The Morgan fingerprint density at radius 1 is 1.12 bits per heavy atom. The van der Waals surface area contributed by atoms with E-state index in [-0.39, 0.29) is 18.3 Å². The van der Waals surface area contributed by atoms with Gasteiger partial charge in [-0.2, -0.15) is 4.98 Å². The van der Waals surface area contributed by atoms with E-state index in [1.54, 1.807) is 42.7 Å². The van der Waals surface area contributed by atoms with E-state index in [2.05, 4.69) is 25.6 Å². The monoisotopic (exact) mass is 339 g/mol. The van der Waals surface area contributed by atoms with Gasteiger partial charge in [0.15, 0.2) is 0 Å². The summed E-state index contributed by atoms with van der Waals surface area (Å²) in [7, 11) is 0. The fourth-order valence-corrected chi connectivity index (χ4v) is 2.13. The van der Waals surface area contributed by atoms with Gasteiger partial charge in [-0.3, -0.25) is 9.78 Å². The molecular formula is C17H14FN5O2. The summed E-state index contributed by atoms with van der Waals surface area (Å²) >= 11 is 0. The van der Waals surface area contributed by atoms with Crippen molar-refractivity contribution in [3.8, 4) is 11.3 Å². The van der Waals surface area contributed by atoms with Crippen molar-refractivity contribution in [2.24, 2.45) is 0 Å². The van der Waals surface area contributed by atoms with Crippen LogP contribution in [0.5, 0.6) is 0 Å². The minimum absolute atomic E-state index is 0.149. The summed E-state index contributed by atoms with van der Waals surface area (Å²) in [5, 5.41) is 14.4. The van der Waals surface area contributed by atoms with Crippen LogP contribution in [0.1, 0.15) is 0 Å². The topological polar surface area (TPSA) is 100 Å². The number of carboxylic acids is 1. The van der Waals surface area contributed by atoms with Gasteiger partial charge in [0.2, 0.25) is 5.95 Å². The van der Waals surface area contributed by atoms with Crippen LogP contribution in [0.15, 0.2) is 54.9 Å². The number of benzene rings is 1. The number of nitrogens with zero attached hydrogens (tertiary/aromatic N) is 3. The zero-order chi connectivity index (χ0) is 17.6. The molecule has 8 heteroatoms. The van der Waals surface area contributed by atoms with Crippen LogP contribution in [0, 0.1) is 5.82 Å². The maximum Gasteiger partial charge on any atom is 0.322 e. The number of rotatable bonds is 6. The smallest absolute Gasteiger partial charge is 0.322 e. The molecule has 2 heterocycles. The Kier molecular flexibility index (Phi) is 4.79. The third-order valence-corrected chi connectivity index (χ3v) is 3.20. The maximum atomic E-state index is 13.3. The lowest BCUT2D eigenvalue weighted by molar-refractivity contribution is -0.134. The van der Waals surface area contributed by atoms with E-state index >= 15 is 0 Å². The van der Waals surface area contributed by atoms with Crippen LogP contribution in [0.2, 0.25) is 0 Å². The van der Waals surface area contributed by atoms with Crippen molar-refractivity contribution in [2.45, 2.75) is 0 Å². The third-order valence-electron chi connectivity index (χ3n) is 3.20. The number of hydrogen-bond acceptors (Lipinski definition) is 6. The molecule has 1 aromatic carbocycles. The Morgan fingerprint density at radius 2 is 1.92 bits per heavy atom. The number of pyridine rings is 1. The first kappa shape index (κ1) is 16.3. The highest BCUT2D eigenvalue weighted by atomic mass is 19.1. The van der Waals surface area contributed by atoms with E-state index in [1.807, 2.05) is 0 Å². The molecule has 0 unspecified atom stereocenters. The number of halogens is 1. The fourth-order valence-electron chi connectivity index (χ4n) is 2.13. The molecule has 7 nitrogen and oxygen atoms in total. The molecule has 0 radical (unpaired) electrons. The summed E-state index contributed by atoms with van der Waals surface area (Å²) < 4.78 is 13.3. The first-order valence-electron chi connectivity index (χ1n) is 7.38. The largest absolute Gasteiger partial charge is 0.480 e. The molecule has 2 aromatic heterocycles. The maximum absolute atomic E-state index is 13.3. The molecule has 0 fully saturated rings. The minimum atomic E-state index is -1.03. The molecule has 3 aromatic rings. The number of carbonyl (C=O) groups is 1. The van der Waals surface area contributed by atoms with Gasteiger partial charge in [-0.25, -0.2) is 9.37 Å². The predicted molar refractivity (Wildman–Crippen MR) is 91.1 cm³/mol. The van der Waals surface area contributed by atoms with Crippen molar-refractivity contribution in [3.63, 3.8) is 0 Å². The van der Waals surface area contributed by atoms with Crippen molar-refractivity contribution in [1.29, 1.82) is 0 Å². The Bertz CT molecular complexity index is 889. The van der Waals surface area contributed by atoms with Crippen LogP contribution in [0.4, 0.5) is 21.8 Å². The molecular weight excluding hydrogens is 325 g/mol. The van der Waals surface area contributed by atoms with Crippen molar-refractivity contribution in [3.05, 3.63) is 60.7 Å². The Morgan fingerprint density at radius 3 is 2.64 bits per heavy atom. The number of aromatic nitrogens is 3. The van der Waals surface area contributed by atoms with Gasteiger partial charge < -0.3 is 15.7 Å². The van der Waals surface area contributed by atoms with Crippen LogP contribution in [0.3, 0.4) is 0 Å². The lowest BCUT2D eigenvalue weighted by Crippen LogP contribution is -2.15. The second kappa shape index (κ2) is 7.35. The number of hydrogen-bond donors (Lipinski definition) is 3. The van der Waals surface area contributed by atoms with Crippen molar-refractivity contribution in [2.75, 3.05) is 17.2 Å². The molecule has 0 aliphatic rings. The average molecular weight is 339 g/mol. The lowest BCUT2D eigenvalue weighted by Gasteiger charge is -2.11. The van der Waals surface area contributed by atoms with E-state index < -0.39 is 5.97 Å². The molecule has 3 N–H and O–H groups in total. The molecule has 3 rings (SSSR count). The van der Waals surface area contributed by atoms with Gasteiger partial charge >= 0.3 is 5.97 Å². The molecule has 0 aliphatic carbocycles. The third kappa shape index (κ3) is 4.47. The molecule has 0 atom stereocenters. The summed E-state index contributed by atoms with van der Waals surface area (Å²) in [4.78, 5) is 23.2. The first-order chi connectivity index (χ1) is 12.1. The summed E-state index contributed by atoms with van der Waals surface area (Å²) in [6, 6.07) is 11.2. The SMILES string of the molecule is O=C(O)CNc1nc(Nc2cccc(F)c2)cc(-c2ccncc2)n1. The van der Waals surface area contributed by atoms with Gasteiger partial charge in [-0.1, -0.05) is 6.07 Å². The molecule has 25 heavy (non-hydrogen) atoms. The quantitative estimate of drug-likeness (QED) is 0.635. The molecule has 0 saturated carbocycles. The van der Waals surface area contributed by atoms with E-state index in [4.69, 9.17) is 5.11 Å². The minimum Gasteiger partial charge on any atom is -0.480 e. The summed E-state index contributed by atoms with van der Waals surface area (Å²) in [5.41, 5.74) is 1.88. The van der Waals surface area contributed by atoms with Crippen LogP contribution < -0.4 is 10.6 Å². The number of carboxylic acid groups (broad SMARTS) is 1. The first-order valence-corrected chi connectivity index (χ1v) is 7.38. The molecule has 126 valence electrons. The highest BCUT2D eigenvalue weighted by Gasteiger charge is 2.08. The lowest BCUT2D eigenvalue weighted by atomic mass is 10.2. The molecule has 0 spiro atoms. The van der Waals surface area contributed by atoms with E-state index in [0.717, 1.165) is 5.56 Å². The number of nitrogens with one attached hydrogen (secondary N) is 2. The second-order valence-corrected chi connectivity index (χ2v) is 5.08. The van der Waals surface area contributed by atoms with Crippen LogP contribution >= 0.6 is 0 Å².